The van der Waals surface area contributed by atoms with E-state index in [1.165, 1.54) is 0 Å². The lowest BCUT2D eigenvalue weighted by Gasteiger charge is -2.13. The van der Waals surface area contributed by atoms with Gasteiger partial charge in [0.1, 0.15) is 5.82 Å². The van der Waals surface area contributed by atoms with Crippen molar-refractivity contribution in [3.63, 3.8) is 0 Å². The van der Waals surface area contributed by atoms with E-state index in [1.54, 1.807) is 0 Å². The molecule has 0 radical (unpaired) electrons. The summed E-state index contributed by atoms with van der Waals surface area (Å²) >= 11 is 6.04. The molecule has 1 aromatic carbocycles. The zero-order valence-electron chi connectivity index (χ0n) is 12.3. The second kappa shape index (κ2) is 4.08. The number of fused-ring (bicyclic) bond motifs is 1. The molecule has 0 unspecified atom stereocenters. The van der Waals surface area contributed by atoms with E-state index in [4.69, 9.17) is 11.6 Å². The van der Waals surface area contributed by atoms with Crippen LogP contribution in [0.1, 0.15) is 39.6 Å². The molecular weight excluding hydrogens is 272 g/mol. The fraction of sp³-hybridized carbons (Fsp3) is 0.500. The van der Waals surface area contributed by atoms with Gasteiger partial charge in [-0.15, -0.1) is 11.6 Å². The van der Waals surface area contributed by atoms with Gasteiger partial charge in [0.2, 0.25) is 0 Å². The lowest BCUT2D eigenvalue weighted by molar-refractivity contribution is 0.457. The maximum absolute atomic E-state index is 12.8. The fourth-order valence-corrected chi connectivity index (χ4v) is 3.55. The van der Waals surface area contributed by atoms with Crippen molar-refractivity contribution in [2.24, 2.45) is 10.8 Å². The van der Waals surface area contributed by atoms with E-state index in [1.807, 2.05) is 28.8 Å². The molecule has 3 rings (SSSR count). The van der Waals surface area contributed by atoms with E-state index in [2.05, 4.69) is 32.7 Å². The standard InChI is InChI=1S/C16H19ClN2O/c1-15(2)14(16(15,3)4)19-12(9-17)18-11-8-6-5-7-10(11)13(19)20/h5-8,14H,9H2,1-4H3. The van der Waals surface area contributed by atoms with Crippen molar-refractivity contribution in [3.8, 4) is 0 Å². The van der Waals surface area contributed by atoms with Crippen LogP contribution in [0.3, 0.4) is 0 Å². The lowest BCUT2D eigenvalue weighted by Crippen LogP contribution is -2.26. The van der Waals surface area contributed by atoms with Gasteiger partial charge < -0.3 is 0 Å². The molecule has 106 valence electrons. The fourth-order valence-electron chi connectivity index (χ4n) is 3.36. The van der Waals surface area contributed by atoms with Gasteiger partial charge in [-0.3, -0.25) is 9.36 Å². The molecule has 3 nitrogen and oxygen atoms in total. The molecule has 1 fully saturated rings. The molecular formula is C16H19ClN2O. The number of halogens is 1. The van der Waals surface area contributed by atoms with E-state index in [9.17, 15) is 4.79 Å². The van der Waals surface area contributed by atoms with Crippen LogP contribution in [0.15, 0.2) is 29.1 Å². The first-order valence-corrected chi connectivity index (χ1v) is 7.42. The summed E-state index contributed by atoms with van der Waals surface area (Å²) in [6.45, 7) is 8.77. The molecule has 0 amide bonds. The summed E-state index contributed by atoms with van der Waals surface area (Å²) < 4.78 is 1.81. The van der Waals surface area contributed by atoms with Gasteiger partial charge in [0.25, 0.3) is 5.56 Å². The molecule has 1 aromatic heterocycles. The van der Waals surface area contributed by atoms with Crippen molar-refractivity contribution in [3.05, 3.63) is 40.4 Å². The van der Waals surface area contributed by atoms with Crippen LogP contribution in [0, 0.1) is 10.8 Å². The second-order valence-electron chi connectivity index (χ2n) is 6.70. The van der Waals surface area contributed by atoms with Gasteiger partial charge >= 0.3 is 0 Å². The maximum atomic E-state index is 12.8. The van der Waals surface area contributed by atoms with Crippen molar-refractivity contribution in [2.75, 3.05) is 0 Å². The Hall–Kier alpha value is -1.35. The first kappa shape index (κ1) is 13.6. The molecule has 1 saturated carbocycles. The van der Waals surface area contributed by atoms with Crippen LogP contribution in [0.2, 0.25) is 0 Å². The third kappa shape index (κ3) is 1.59. The Morgan fingerprint density at radius 1 is 1.20 bits per heavy atom. The molecule has 2 aromatic rings. The summed E-state index contributed by atoms with van der Waals surface area (Å²) in [6.07, 6.45) is 0. The third-order valence-corrected chi connectivity index (χ3v) is 5.44. The quantitative estimate of drug-likeness (QED) is 0.790. The van der Waals surface area contributed by atoms with Gasteiger partial charge in [-0.05, 0) is 23.0 Å². The van der Waals surface area contributed by atoms with E-state index in [0.717, 1.165) is 5.52 Å². The predicted molar refractivity (Wildman–Crippen MR) is 82.2 cm³/mol. The predicted octanol–water partition coefficient (Wildman–Crippen LogP) is 3.74. The topological polar surface area (TPSA) is 34.9 Å². The summed E-state index contributed by atoms with van der Waals surface area (Å²) in [4.78, 5) is 17.4. The Morgan fingerprint density at radius 3 is 2.35 bits per heavy atom. The van der Waals surface area contributed by atoms with Crippen LogP contribution in [0.25, 0.3) is 10.9 Å². The second-order valence-corrected chi connectivity index (χ2v) is 6.97. The Balaban J connectivity index is 2.32. The minimum absolute atomic E-state index is 0.0231. The molecule has 0 bridgehead atoms. The number of para-hydroxylation sites is 1. The highest BCUT2D eigenvalue weighted by Gasteiger charge is 2.66. The average Bonchev–Trinajstić information content (AvgIpc) is 2.80. The number of alkyl halides is 1. The van der Waals surface area contributed by atoms with Crippen molar-refractivity contribution in [2.45, 2.75) is 39.6 Å². The largest absolute Gasteiger partial charge is 0.291 e. The Kier molecular flexibility index (Phi) is 2.78. The first-order valence-electron chi connectivity index (χ1n) is 6.88. The minimum Gasteiger partial charge on any atom is -0.291 e. The molecule has 1 heterocycles. The molecule has 0 aliphatic heterocycles. The summed E-state index contributed by atoms with van der Waals surface area (Å²) in [5.41, 5.74) is 0.888. The van der Waals surface area contributed by atoms with Crippen LogP contribution in [0.4, 0.5) is 0 Å². The van der Waals surface area contributed by atoms with Gasteiger partial charge in [-0.25, -0.2) is 4.98 Å². The molecule has 0 saturated heterocycles. The van der Waals surface area contributed by atoms with Crippen LogP contribution in [-0.4, -0.2) is 9.55 Å². The van der Waals surface area contributed by atoms with Crippen LogP contribution in [0.5, 0.6) is 0 Å². The SMILES string of the molecule is CC1(C)C(n2c(CCl)nc3ccccc3c2=O)C1(C)C. The monoisotopic (exact) mass is 290 g/mol. The molecule has 20 heavy (non-hydrogen) atoms. The van der Waals surface area contributed by atoms with E-state index < -0.39 is 0 Å². The first-order chi connectivity index (χ1) is 9.32. The number of hydrogen-bond donors (Lipinski definition) is 0. The summed E-state index contributed by atoms with van der Waals surface area (Å²) in [5.74, 6) is 0.918. The molecule has 0 atom stereocenters. The zero-order valence-corrected chi connectivity index (χ0v) is 13.0. The van der Waals surface area contributed by atoms with E-state index in [-0.39, 0.29) is 28.3 Å². The summed E-state index contributed by atoms with van der Waals surface area (Å²) in [5, 5.41) is 0.667. The normalized spacial score (nSPS) is 20.2. The van der Waals surface area contributed by atoms with Crippen molar-refractivity contribution in [1.82, 2.24) is 9.55 Å². The number of hydrogen-bond acceptors (Lipinski definition) is 2. The molecule has 1 aliphatic carbocycles. The van der Waals surface area contributed by atoms with Gasteiger partial charge in [0.05, 0.1) is 16.8 Å². The maximum Gasteiger partial charge on any atom is 0.261 e. The van der Waals surface area contributed by atoms with Gasteiger partial charge in [-0.2, -0.15) is 0 Å². The third-order valence-electron chi connectivity index (χ3n) is 5.20. The molecule has 1 aliphatic rings. The Labute approximate surface area is 123 Å². The van der Waals surface area contributed by atoms with Crippen molar-refractivity contribution < 1.29 is 0 Å². The smallest absolute Gasteiger partial charge is 0.261 e. The highest BCUT2D eigenvalue weighted by molar-refractivity contribution is 6.16. The Morgan fingerprint density at radius 2 is 1.80 bits per heavy atom. The van der Waals surface area contributed by atoms with Gasteiger partial charge in [0, 0.05) is 6.04 Å². The number of rotatable bonds is 2. The highest BCUT2D eigenvalue weighted by atomic mass is 35.5. The number of aromatic nitrogens is 2. The van der Waals surface area contributed by atoms with Crippen LogP contribution in [-0.2, 0) is 5.88 Å². The zero-order chi connectivity index (χ0) is 14.7. The molecule has 0 spiro atoms. The van der Waals surface area contributed by atoms with Crippen LogP contribution >= 0.6 is 11.6 Å². The van der Waals surface area contributed by atoms with Crippen molar-refractivity contribution in [1.29, 1.82) is 0 Å². The van der Waals surface area contributed by atoms with E-state index in [0.29, 0.717) is 11.2 Å². The van der Waals surface area contributed by atoms with E-state index >= 15 is 0 Å². The number of benzene rings is 1. The lowest BCUT2D eigenvalue weighted by atomic mass is 10.0. The summed E-state index contributed by atoms with van der Waals surface area (Å²) in [7, 11) is 0. The Bertz CT molecular complexity index is 732. The van der Waals surface area contributed by atoms with Crippen LogP contribution < -0.4 is 5.56 Å². The highest BCUT2D eigenvalue weighted by Crippen LogP contribution is 2.71. The van der Waals surface area contributed by atoms with Gasteiger partial charge in [-0.1, -0.05) is 39.8 Å². The minimum atomic E-state index is 0.0231. The molecule has 4 heteroatoms. The number of nitrogens with zero attached hydrogens (tertiary/aromatic N) is 2. The average molecular weight is 291 g/mol. The molecule has 0 N–H and O–H groups in total. The van der Waals surface area contributed by atoms with Gasteiger partial charge in [0.15, 0.2) is 0 Å². The van der Waals surface area contributed by atoms with Crippen molar-refractivity contribution >= 4 is 22.5 Å². The summed E-state index contributed by atoms with van der Waals surface area (Å²) in [6, 6.07) is 7.61.